The summed E-state index contributed by atoms with van der Waals surface area (Å²) in [6.07, 6.45) is -0.290. The fourth-order valence-electron chi connectivity index (χ4n) is 3.10. The van der Waals surface area contributed by atoms with Crippen molar-refractivity contribution in [3.05, 3.63) is 71.3 Å². The molecule has 4 rings (SSSR count). The molecule has 1 aromatic heterocycles. The third-order valence-corrected chi connectivity index (χ3v) is 4.52. The number of rotatable bonds is 4. The molecule has 0 aliphatic carbocycles. The second-order valence-corrected chi connectivity index (χ2v) is 6.63. The maximum atomic E-state index is 13.1. The molecule has 0 saturated carbocycles. The van der Waals surface area contributed by atoms with Gasteiger partial charge in [0.1, 0.15) is 11.9 Å². The number of aromatic nitrogens is 3. The molecule has 3 aromatic rings. The lowest BCUT2D eigenvalue weighted by Gasteiger charge is -2.24. The van der Waals surface area contributed by atoms with Gasteiger partial charge in [0.25, 0.3) is 5.91 Å². The van der Waals surface area contributed by atoms with Crippen LogP contribution in [0.25, 0.3) is 0 Å². The maximum Gasteiger partial charge on any atom is 0.278 e. The quantitative estimate of drug-likeness (QED) is 0.708. The van der Waals surface area contributed by atoms with E-state index in [1.807, 2.05) is 0 Å². The van der Waals surface area contributed by atoms with E-state index in [1.165, 1.54) is 19.1 Å². The van der Waals surface area contributed by atoms with Gasteiger partial charge in [-0.25, -0.2) is 9.07 Å². The number of anilines is 2. The molecule has 9 heteroatoms. The van der Waals surface area contributed by atoms with E-state index in [0.717, 1.165) is 5.56 Å². The van der Waals surface area contributed by atoms with Gasteiger partial charge in [-0.2, -0.15) is 0 Å². The second-order valence-electron chi connectivity index (χ2n) is 6.63. The van der Waals surface area contributed by atoms with Crippen LogP contribution in [-0.2, 0) is 22.7 Å². The van der Waals surface area contributed by atoms with Crippen LogP contribution in [0.1, 0.15) is 34.8 Å². The summed E-state index contributed by atoms with van der Waals surface area (Å²) in [5.41, 5.74) is 2.80. The lowest BCUT2D eigenvalue weighted by Crippen LogP contribution is -2.24. The first kappa shape index (κ1) is 18.8. The summed E-state index contributed by atoms with van der Waals surface area (Å²) < 4.78 is 20.6. The topological polar surface area (TPSA) is 98.1 Å². The van der Waals surface area contributed by atoms with Gasteiger partial charge in [-0.1, -0.05) is 17.3 Å². The summed E-state index contributed by atoms with van der Waals surface area (Å²) in [4.78, 5) is 23.7. The highest BCUT2D eigenvalue weighted by molar-refractivity contribution is 6.03. The van der Waals surface area contributed by atoms with E-state index in [-0.39, 0.29) is 30.1 Å². The molecular weight excluding hydrogens is 377 g/mol. The van der Waals surface area contributed by atoms with E-state index in [4.69, 9.17) is 4.74 Å². The van der Waals surface area contributed by atoms with Crippen LogP contribution < -0.4 is 10.6 Å². The van der Waals surface area contributed by atoms with E-state index < -0.39 is 5.91 Å². The molecule has 0 fully saturated rings. The Morgan fingerprint density at radius 2 is 1.72 bits per heavy atom. The number of carbonyl (C=O) groups excluding carboxylic acids is 2. The summed E-state index contributed by atoms with van der Waals surface area (Å²) >= 11 is 0. The molecule has 2 amide bonds. The van der Waals surface area contributed by atoms with Crippen molar-refractivity contribution in [3.63, 3.8) is 0 Å². The minimum absolute atomic E-state index is 0.166. The summed E-state index contributed by atoms with van der Waals surface area (Å²) in [5, 5.41) is 13.5. The lowest BCUT2D eigenvalue weighted by molar-refractivity contribution is -0.114. The zero-order valence-electron chi connectivity index (χ0n) is 15.6. The second kappa shape index (κ2) is 7.80. The molecule has 2 N–H and O–H groups in total. The number of carbonyl (C=O) groups is 2. The Labute approximate surface area is 165 Å². The monoisotopic (exact) mass is 395 g/mol. The van der Waals surface area contributed by atoms with Gasteiger partial charge in [-0.3, -0.25) is 9.59 Å². The van der Waals surface area contributed by atoms with Gasteiger partial charge in [-0.15, -0.1) is 5.10 Å². The minimum atomic E-state index is -0.401. The van der Waals surface area contributed by atoms with E-state index >= 15 is 0 Å². The largest absolute Gasteiger partial charge is 0.365 e. The van der Waals surface area contributed by atoms with Crippen LogP contribution in [0.5, 0.6) is 0 Å². The van der Waals surface area contributed by atoms with Crippen molar-refractivity contribution in [2.24, 2.45) is 0 Å². The molecule has 8 nitrogen and oxygen atoms in total. The first-order chi connectivity index (χ1) is 14.0. The number of amides is 2. The molecule has 1 unspecified atom stereocenters. The molecule has 1 aliphatic rings. The standard InChI is InChI=1S/C20H18FN5O3/c1-12(27)22-15-6-8-16(9-7-15)23-20(28)19-17-11-29-18(10-26(17)25-24-19)13-2-4-14(21)5-3-13/h2-9,18H,10-11H2,1H3,(H,22,27)(H,23,28). The summed E-state index contributed by atoms with van der Waals surface area (Å²) in [6.45, 7) is 1.97. The normalized spacial score (nSPS) is 15.4. The van der Waals surface area contributed by atoms with E-state index in [9.17, 15) is 14.0 Å². The van der Waals surface area contributed by atoms with Crippen LogP contribution in [0.3, 0.4) is 0 Å². The molecule has 1 atom stereocenters. The first-order valence-corrected chi connectivity index (χ1v) is 8.98. The average molecular weight is 395 g/mol. The molecule has 1 aliphatic heterocycles. The van der Waals surface area contributed by atoms with Crippen molar-refractivity contribution >= 4 is 23.2 Å². The Morgan fingerprint density at radius 3 is 2.38 bits per heavy atom. The average Bonchev–Trinajstić information content (AvgIpc) is 3.13. The van der Waals surface area contributed by atoms with Gasteiger partial charge in [0.15, 0.2) is 5.69 Å². The van der Waals surface area contributed by atoms with Crippen LogP contribution in [0.2, 0.25) is 0 Å². The molecular formula is C20H18FN5O3. The zero-order valence-corrected chi connectivity index (χ0v) is 15.6. The number of halogens is 1. The molecule has 0 bridgehead atoms. The number of ether oxygens (including phenoxy) is 1. The van der Waals surface area contributed by atoms with Crippen LogP contribution in [0.15, 0.2) is 48.5 Å². The van der Waals surface area contributed by atoms with Crippen molar-refractivity contribution < 1.29 is 18.7 Å². The highest BCUT2D eigenvalue weighted by Crippen LogP contribution is 2.27. The fourth-order valence-corrected chi connectivity index (χ4v) is 3.10. The lowest BCUT2D eigenvalue weighted by atomic mass is 10.1. The van der Waals surface area contributed by atoms with Crippen molar-refractivity contribution in [1.29, 1.82) is 0 Å². The number of nitrogens with zero attached hydrogens (tertiary/aromatic N) is 3. The SMILES string of the molecule is CC(=O)Nc1ccc(NC(=O)c2nnn3c2COC(c2ccc(F)cc2)C3)cc1. The molecule has 2 heterocycles. The molecule has 29 heavy (non-hydrogen) atoms. The van der Waals surface area contributed by atoms with E-state index in [2.05, 4.69) is 20.9 Å². The summed E-state index contributed by atoms with van der Waals surface area (Å²) in [6, 6.07) is 12.8. The van der Waals surface area contributed by atoms with Gasteiger partial charge < -0.3 is 15.4 Å². The fraction of sp³-hybridized carbons (Fsp3) is 0.200. The van der Waals surface area contributed by atoms with Crippen LogP contribution in [0, 0.1) is 5.82 Å². The smallest absolute Gasteiger partial charge is 0.278 e. The van der Waals surface area contributed by atoms with Crippen molar-refractivity contribution in [2.75, 3.05) is 10.6 Å². The van der Waals surface area contributed by atoms with Gasteiger partial charge >= 0.3 is 0 Å². The molecule has 0 spiro atoms. The number of fused-ring (bicyclic) bond motifs is 1. The zero-order chi connectivity index (χ0) is 20.4. The third-order valence-electron chi connectivity index (χ3n) is 4.52. The Kier molecular flexibility index (Phi) is 5.05. The highest BCUT2D eigenvalue weighted by Gasteiger charge is 2.27. The van der Waals surface area contributed by atoms with Crippen molar-refractivity contribution in [1.82, 2.24) is 15.0 Å². The van der Waals surface area contributed by atoms with Crippen molar-refractivity contribution in [3.8, 4) is 0 Å². The Morgan fingerprint density at radius 1 is 1.07 bits per heavy atom. The summed E-state index contributed by atoms with van der Waals surface area (Å²) in [7, 11) is 0. The predicted molar refractivity (Wildman–Crippen MR) is 103 cm³/mol. The number of nitrogens with one attached hydrogen (secondary N) is 2. The maximum absolute atomic E-state index is 13.1. The van der Waals surface area contributed by atoms with E-state index in [1.54, 1.807) is 41.1 Å². The molecule has 0 saturated heterocycles. The number of hydrogen-bond donors (Lipinski definition) is 2. The molecule has 0 radical (unpaired) electrons. The highest BCUT2D eigenvalue weighted by atomic mass is 19.1. The Bertz CT molecular complexity index is 1050. The van der Waals surface area contributed by atoms with Gasteiger partial charge in [0.05, 0.1) is 18.8 Å². The molecule has 148 valence electrons. The Balaban J connectivity index is 1.45. The van der Waals surface area contributed by atoms with Crippen LogP contribution in [-0.4, -0.2) is 26.8 Å². The third kappa shape index (κ3) is 4.14. The number of benzene rings is 2. The first-order valence-electron chi connectivity index (χ1n) is 8.98. The van der Waals surface area contributed by atoms with E-state index in [0.29, 0.717) is 23.6 Å². The number of hydrogen-bond acceptors (Lipinski definition) is 5. The Hall–Kier alpha value is -3.59. The van der Waals surface area contributed by atoms with Gasteiger partial charge in [-0.05, 0) is 42.0 Å². The van der Waals surface area contributed by atoms with Crippen molar-refractivity contribution in [2.45, 2.75) is 26.2 Å². The van der Waals surface area contributed by atoms with Crippen LogP contribution in [0.4, 0.5) is 15.8 Å². The molecule has 2 aromatic carbocycles. The van der Waals surface area contributed by atoms with Gasteiger partial charge in [0, 0.05) is 18.3 Å². The predicted octanol–water partition coefficient (Wildman–Crippen LogP) is 2.90. The van der Waals surface area contributed by atoms with Crippen LogP contribution >= 0.6 is 0 Å². The summed E-state index contributed by atoms with van der Waals surface area (Å²) in [5.74, 6) is -0.881. The minimum Gasteiger partial charge on any atom is -0.365 e. The van der Waals surface area contributed by atoms with Gasteiger partial charge in [0.2, 0.25) is 5.91 Å².